The Hall–Kier alpha value is -1.90. The fourth-order valence-corrected chi connectivity index (χ4v) is 3.26. The van der Waals surface area contributed by atoms with Crippen molar-refractivity contribution in [2.75, 3.05) is 0 Å². The Morgan fingerprint density at radius 1 is 1.29 bits per heavy atom. The Kier molecular flexibility index (Phi) is 5.32. The van der Waals surface area contributed by atoms with E-state index in [0.29, 0.717) is 6.42 Å². The van der Waals surface area contributed by atoms with Crippen LogP contribution < -0.4 is 0 Å². The Labute approximate surface area is 127 Å². The maximum atomic E-state index is 10.6. The Balaban J connectivity index is 2.08. The van der Waals surface area contributed by atoms with E-state index in [2.05, 4.69) is 24.0 Å². The smallest absolute Gasteiger partial charge is 0.128 e. The van der Waals surface area contributed by atoms with E-state index >= 15 is 0 Å². The zero-order valence-corrected chi connectivity index (χ0v) is 12.3. The average Bonchev–Trinajstić information content (AvgIpc) is 2.51. The first-order chi connectivity index (χ1) is 10.2. The molecule has 1 fully saturated rings. The molecule has 1 saturated carbocycles. The third-order valence-corrected chi connectivity index (χ3v) is 4.45. The predicted octanol–water partition coefficient (Wildman–Crippen LogP) is 3.12. The molecule has 3 atom stereocenters. The maximum Gasteiger partial charge on any atom is 0.128 e. The van der Waals surface area contributed by atoms with Crippen LogP contribution in [0, 0.1) is 36.2 Å². The molecule has 0 bridgehead atoms. The molecular weight excluding hydrogens is 260 g/mol. The first-order valence-electron chi connectivity index (χ1n) is 7.56. The van der Waals surface area contributed by atoms with Crippen LogP contribution in [0.1, 0.15) is 37.7 Å². The molecule has 21 heavy (non-hydrogen) atoms. The van der Waals surface area contributed by atoms with Crippen LogP contribution in [-0.4, -0.2) is 15.8 Å². The van der Waals surface area contributed by atoms with Gasteiger partial charge >= 0.3 is 0 Å². The zero-order chi connectivity index (χ0) is 15.1. The molecule has 1 aliphatic carbocycles. The van der Waals surface area contributed by atoms with E-state index in [1.807, 2.05) is 24.3 Å². The van der Waals surface area contributed by atoms with Gasteiger partial charge < -0.3 is 10.2 Å². The summed E-state index contributed by atoms with van der Waals surface area (Å²) in [7, 11) is 0. The van der Waals surface area contributed by atoms with Crippen molar-refractivity contribution in [3.63, 3.8) is 0 Å². The van der Waals surface area contributed by atoms with Crippen LogP contribution in [0.15, 0.2) is 30.3 Å². The van der Waals surface area contributed by atoms with Crippen molar-refractivity contribution >= 4 is 0 Å². The van der Waals surface area contributed by atoms with Crippen LogP contribution in [0.25, 0.3) is 0 Å². The van der Waals surface area contributed by atoms with Gasteiger partial charge in [0.2, 0.25) is 0 Å². The molecule has 0 aliphatic heterocycles. The lowest BCUT2D eigenvalue weighted by Crippen LogP contribution is -2.40. The van der Waals surface area contributed by atoms with Crippen LogP contribution in [-0.2, 0) is 6.42 Å². The van der Waals surface area contributed by atoms with Crippen LogP contribution in [0.3, 0.4) is 0 Å². The molecule has 3 unspecified atom stereocenters. The summed E-state index contributed by atoms with van der Waals surface area (Å²) in [6.07, 6.45) is 12.7. The summed E-state index contributed by atoms with van der Waals surface area (Å²) in [6.45, 7) is 0. The molecule has 110 valence electrons. The van der Waals surface area contributed by atoms with E-state index in [1.54, 1.807) is 0 Å². The minimum Gasteiger partial charge on any atom is -0.462 e. The van der Waals surface area contributed by atoms with E-state index in [1.165, 1.54) is 5.56 Å². The zero-order valence-electron chi connectivity index (χ0n) is 12.3. The average molecular weight is 282 g/mol. The van der Waals surface area contributed by atoms with E-state index in [-0.39, 0.29) is 11.8 Å². The Morgan fingerprint density at radius 3 is 2.71 bits per heavy atom. The van der Waals surface area contributed by atoms with Crippen molar-refractivity contribution in [1.82, 2.24) is 0 Å². The van der Waals surface area contributed by atoms with Crippen LogP contribution in [0.4, 0.5) is 0 Å². The number of terminal acetylenes is 1. The molecule has 0 radical (unpaired) electrons. The molecule has 1 aromatic carbocycles. The van der Waals surface area contributed by atoms with Crippen molar-refractivity contribution in [3.05, 3.63) is 35.9 Å². The molecular formula is C19H22O2. The summed E-state index contributed by atoms with van der Waals surface area (Å²) in [5.74, 6) is 5.53. The highest BCUT2D eigenvalue weighted by Crippen LogP contribution is 2.37. The largest absolute Gasteiger partial charge is 0.462 e. The lowest BCUT2D eigenvalue weighted by molar-refractivity contribution is -0.00345. The summed E-state index contributed by atoms with van der Waals surface area (Å²) in [4.78, 5) is 0. The molecule has 2 N–H and O–H groups in total. The second-order valence-corrected chi connectivity index (χ2v) is 5.89. The SMILES string of the molecule is C#CC1(O)CCCCC1CC(C#CO)Cc1ccccc1. The van der Waals surface area contributed by atoms with Gasteiger partial charge in [0, 0.05) is 11.8 Å². The van der Waals surface area contributed by atoms with Gasteiger partial charge in [-0.15, -0.1) is 6.42 Å². The number of aliphatic hydroxyl groups is 2. The summed E-state index contributed by atoms with van der Waals surface area (Å²) >= 11 is 0. The van der Waals surface area contributed by atoms with Gasteiger partial charge in [-0.1, -0.05) is 48.6 Å². The lowest BCUT2D eigenvalue weighted by atomic mass is 9.71. The first-order valence-corrected chi connectivity index (χ1v) is 7.56. The van der Waals surface area contributed by atoms with Gasteiger partial charge in [0.1, 0.15) is 11.7 Å². The fraction of sp³-hybridized carbons (Fsp3) is 0.474. The van der Waals surface area contributed by atoms with Gasteiger partial charge in [-0.05, 0) is 37.7 Å². The second-order valence-electron chi connectivity index (χ2n) is 5.89. The molecule has 0 saturated heterocycles. The monoisotopic (exact) mass is 282 g/mol. The minimum absolute atomic E-state index is 0.0142. The number of benzene rings is 1. The quantitative estimate of drug-likeness (QED) is 0.833. The molecule has 1 aromatic rings. The summed E-state index contributed by atoms with van der Waals surface area (Å²) in [5, 5.41) is 19.5. The fourth-order valence-electron chi connectivity index (χ4n) is 3.26. The van der Waals surface area contributed by atoms with Gasteiger partial charge in [0.15, 0.2) is 0 Å². The Morgan fingerprint density at radius 2 is 2.05 bits per heavy atom. The maximum absolute atomic E-state index is 10.6. The molecule has 0 amide bonds. The number of rotatable bonds is 4. The Bertz CT molecular complexity index is 546. The van der Waals surface area contributed by atoms with Crippen molar-refractivity contribution < 1.29 is 10.2 Å². The normalized spacial score (nSPS) is 26.2. The van der Waals surface area contributed by atoms with Gasteiger partial charge in [-0.25, -0.2) is 0 Å². The van der Waals surface area contributed by atoms with Crippen molar-refractivity contribution in [3.8, 4) is 24.4 Å². The van der Waals surface area contributed by atoms with Crippen LogP contribution in [0.2, 0.25) is 0 Å². The van der Waals surface area contributed by atoms with Crippen LogP contribution >= 0.6 is 0 Å². The predicted molar refractivity (Wildman–Crippen MR) is 83.7 cm³/mol. The molecule has 0 spiro atoms. The van der Waals surface area contributed by atoms with E-state index in [4.69, 9.17) is 11.5 Å². The highest BCUT2D eigenvalue weighted by atomic mass is 16.3. The molecule has 2 heteroatoms. The van der Waals surface area contributed by atoms with Gasteiger partial charge in [-0.3, -0.25) is 0 Å². The molecule has 0 aromatic heterocycles. The number of hydrogen-bond donors (Lipinski definition) is 2. The van der Waals surface area contributed by atoms with Gasteiger partial charge in [0.05, 0.1) is 0 Å². The highest BCUT2D eigenvalue weighted by Gasteiger charge is 2.38. The first kappa shape index (κ1) is 15.5. The topological polar surface area (TPSA) is 40.5 Å². The van der Waals surface area contributed by atoms with Crippen molar-refractivity contribution in [2.24, 2.45) is 11.8 Å². The third-order valence-electron chi connectivity index (χ3n) is 4.45. The van der Waals surface area contributed by atoms with Gasteiger partial charge in [-0.2, -0.15) is 0 Å². The second kappa shape index (κ2) is 7.21. The summed E-state index contributed by atoms with van der Waals surface area (Å²) < 4.78 is 0. The summed E-state index contributed by atoms with van der Waals surface area (Å²) in [5.41, 5.74) is 0.176. The van der Waals surface area contributed by atoms with E-state index in [9.17, 15) is 5.11 Å². The third kappa shape index (κ3) is 4.03. The van der Waals surface area contributed by atoms with E-state index in [0.717, 1.165) is 32.1 Å². The number of aliphatic hydroxyl groups excluding tert-OH is 1. The van der Waals surface area contributed by atoms with Crippen molar-refractivity contribution in [2.45, 2.75) is 44.1 Å². The molecule has 0 heterocycles. The standard InChI is InChI=1S/C19H22O2/c1-2-19(21)12-7-6-10-18(19)15-17(11-13-20)14-16-8-4-3-5-9-16/h1,3-5,8-9,17-18,20-21H,6-7,10,12,14-15H2. The lowest BCUT2D eigenvalue weighted by Gasteiger charge is -2.37. The molecule has 2 nitrogen and oxygen atoms in total. The molecule has 1 aliphatic rings. The van der Waals surface area contributed by atoms with Gasteiger partial charge in [0.25, 0.3) is 0 Å². The van der Waals surface area contributed by atoms with Crippen LogP contribution in [0.5, 0.6) is 0 Å². The van der Waals surface area contributed by atoms with Crippen molar-refractivity contribution in [1.29, 1.82) is 0 Å². The molecule has 2 rings (SSSR count). The van der Waals surface area contributed by atoms with E-state index < -0.39 is 5.60 Å². The summed E-state index contributed by atoms with van der Waals surface area (Å²) in [6, 6.07) is 10.1. The highest BCUT2D eigenvalue weighted by molar-refractivity contribution is 5.19. The minimum atomic E-state index is -1.01. The number of hydrogen-bond acceptors (Lipinski definition) is 2.